The van der Waals surface area contributed by atoms with Crippen molar-refractivity contribution in [2.24, 2.45) is 29.4 Å². The van der Waals surface area contributed by atoms with Crippen LogP contribution >= 0.6 is 0 Å². The molecule has 244 valence electrons. The first kappa shape index (κ1) is 32.0. The third-order valence-corrected chi connectivity index (χ3v) is 10.7. The van der Waals surface area contributed by atoms with Gasteiger partial charge < -0.3 is 25.8 Å². The molecule has 12 heteroatoms. The number of fused-ring (bicyclic) bond motifs is 3. The van der Waals surface area contributed by atoms with E-state index in [1.165, 1.54) is 25.1 Å². The fourth-order valence-corrected chi connectivity index (χ4v) is 8.57. The van der Waals surface area contributed by atoms with Crippen LogP contribution in [-0.4, -0.2) is 106 Å². The number of nitrogens with zero attached hydrogens (tertiary/aromatic N) is 2. The van der Waals surface area contributed by atoms with Gasteiger partial charge in [0.25, 0.3) is 0 Å². The quantitative estimate of drug-likeness (QED) is 0.328. The van der Waals surface area contributed by atoms with Crippen LogP contribution in [0.5, 0.6) is 11.5 Å². The number of hydrogen-bond acceptors (Lipinski definition) is 11. The molecule has 4 aliphatic rings. The Kier molecular flexibility index (Phi) is 7.91. The minimum Gasteiger partial charge on any atom is -0.507 e. The number of amides is 1. The SMILES string of the molecule is COc1ccc(-c2ccc(O)c3c2C(C)C2C(C3=O)C(=O)C3(O)C(=O)C(C(N)=O)C(=O)C(N(C)C)C3C2O)cc1CN1CCCC1. The predicted molar refractivity (Wildman–Crippen MR) is 164 cm³/mol. The maximum Gasteiger partial charge on any atom is 0.235 e. The number of aliphatic hydroxyl groups is 2. The Morgan fingerprint density at radius 1 is 1.09 bits per heavy atom. The van der Waals surface area contributed by atoms with Gasteiger partial charge in [0, 0.05) is 18.0 Å². The van der Waals surface area contributed by atoms with Crippen LogP contribution < -0.4 is 10.5 Å². The second-order valence-electron chi connectivity index (χ2n) is 13.3. The number of phenols is 1. The number of likely N-dealkylation sites (N-methyl/N-ethyl adjacent to an activating group) is 1. The van der Waals surface area contributed by atoms with Crippen molar-refractivity contribution in [1.82, 2.24) is 9.80 Å². The zero-order chi connectivity index (χ0) is 33.4. The fourth-order valence-electron chi connectivity index (χ4n) is 8.57. The van der Waals surface area contributed by atoms with E-state index in [9.17, 15) is 39.3 Å². The molecule has 0 spiro atoms. The number of benzene rings is 2. The van der Waals surface area contributed by atoms with E-state index in [4.69, 9.17) is 10.5 Å². The number of hydrogen-bond donors (Lipinski definition) is 4. The van der Waals surface area contributed by atoms with Crippen molar-refractivity contribution < 1.29 is 44.0 Å². The second-order valence-corrected chi connectivity index (χ2v) is 13.3. The summed E-state index contributed by atoms with van der Waals surface area (Å²) < 4.78 is 5.64. The number of Topliss-reactive ketones (excluding diaryl/α,β-unsaturated/α-hetero) is 4. The molecule has 8 unspecified atom stereocenters. The number of nitrogens with two attached hydrogens (primary N) is 1. The van der Waals surface area contributed by atoms with Gasteiger partial charge in [0.05, 0.1) is 36.7 Å². The molecule has 6 rings (SSSR count). The van der Waals surface area contributed by atoms with Crippen LogP contribution in [0.15, 0.2) is 30.3 Å². The number of carbonyl (C=O) groups excluding carboxylic acids is 5. The lowest BCUT2D eigenvalue weighted by molar-refractivity contribution is -0.196. The maximum absolute atomic E-state index is 14.3. The van der Waals surface area contributed by atoms with Crippen molar-refractivity contribution in [3.05, 3.63) is 47.0 Å². The highest BCUT2D eigenvalue weighted by atomic mass is 16.5. The summed E-state index contributed by atoms with van der Waals surface area (Å²) in [5.74, 6) is -12.9. The molecule has 1 amide bonds. The molecule has 3 aliphatic carbocycles. The Labute approximate surface area is 266 Å². The number of methoxy groups -OCH3 is 1. The van der Waals surface area contributed by atoms with E-state index in [0.29, 0.717) is 23.4 Å². The Morgan fingerprint density at radius 2 is 1.76 bits per heavy atom. The zero-order valence-electron chi connectivity index (χ0n) is 26.2. The largest absolute Gasteiger partial charge is 0.507 e. The highest BCUT2D eigenvalue weighted by Gasteiger charge is 2.73. The molecule has 1 aliphatic heterocycles. The smallest absolute Gasteiger partial charge is 0.235 e. The lowest BCUT2D eigenvalue weighted by atomic mass is 9.49. The lowest BCUT2D eigenvalue weighted by Crippen LogP contribution is -2.77. The molecule has 8 atom stereocenters. The van der Waals surface area contributed by atoms with Gasteiger partial charge in [-0.15, -0.1) is 0 Å². The topological polar surface area (TPSA) is 188 Å². The fraction of sp³-hybridized carbons (Fsp3) is 0.500. The van der Waals surface area contributed by atoms with Gasteiger partial charge in [0.1, 0.15) is 11.5 Å². The van der Waals surface area contributed by atoms with Gasteiger partial charge in [-0.05, 0) is 80.8 Å². The molecule has 1 saturated heterocycles. The minimum absolute atomic E-state index is 0.138. The van der Waals surface area contributed by atoms with Gasteiger partial charge >= 0.3 is 0 Å². The van der Waals surface area contributed by atoms with Gasteiger partial charge in [0.2, 0.25) is 5.91 Å². The van der Waals surface area contributed by atoms with Gasteiger partial charge in [-0.1, -0.05) is 19.1 Å². The number of rotatable bonds is 6. The number of ketones is 4. The zero-order valence-corrected chi connectivity index (χ0v) is 26.2. The number of likely N-dealkylation sites (tertiary alicyclic amines) is 1. The average molecular weight is 634 g/mol. The molecule has 5 N–H and O–H groups in total. The summed E-state index contributed by atoms with van der Waals surface area (Å²) in [6.45, 7) is 4.30. The van der Waals surface area contributed by atoms with Crippen molar-refractivity contribution in [1.29, 1.82) is 0 Å². The third-order valence-electron chi connectivity index (χ3n) is 10.7. The van der Waals surface area contributed by atoms with Crippen molar-refractivity contribution in [3.63, 3.8) is 0 Å². The van der Waals surface area contributed by atoms with Crippen LogP contribution in [-0.2, 0) is 25.7 Å². The van der Waals surface area contributed by atoms with Crippen LogP contribution in [0, 0.1) is 23.7 Å². The van der Waals surface area contributed by atoms with Crippen molar-refractivity contribution in [2.75, 3.05) is 34.3 Å². The molecule has 0 aromatic heterocycles. The summed E-state index contributed by atoms with van der Waals surface area (Å²) in [5, 5.41) is 34.9. The number of primary amides is 1. The Morgan fingerprint density at radius 3 is 2.37 bits per heavy atom. The highest BCUT2D eigenvalue weighted by molar-refractivity contribution is 6.32. The summed E-state index contributed by atoms with van der Waals surface area (Å²) in [7, 11) is 4.52. The monoisotopic (exact) mass is 633 g/mol. The van der Waals surface area contributed by atoms with E-state index >= 15 is 0 Å². The van der Waals surface area contributed by atoms with E-state index < -0.39 is 76.4 Å². The number of aromatic hydroxyl groups is 1. The number of ether oxygens (including phenoxy) is 1. The predicted octanol–water partition coefficient (Wildman–Crippen LogP) is 0.670. The first-order chi connectivity index (χ1) is 21.7. The molecule has 1 heterocycles. The van der Waals surface area contributed by atoms with E-state index in [0.717, 1.165) is 37.1 Å². The van der Waals surface area contributed by atoms with Crippen LogP contribution in [0.25, 0.3) is 11.1 Å². The molecule has 3 fully saturated rings. The van der Waals surface area contributed by atoms with Crippen LogP contribution in [0.3, 0.4) is 0 Å². The average Bonchev–Trinajstić information content (AvgIpc) is 3.52. The van der Waals surface area contributed by atoms with Gasteiger partial charge in [-0.2, -0.15) is 0 Å². The number of carbonyl (C=O) groups is 5. The maximum atomic E-state index is 14.3. The Bertz CT molecular complexity index is 1670. The molecule has 0 bridgehead atoms. The molecule has 2 aromatic carbocycles. The summed E-state index contributed by atoms with van der Waals surface area (Å²) in [6.07, 6.45) is 0.523. The Balaban J connectivity index is 1.50. The summed E-state index contributed by atoms with van der Waals surface area (Å²) in [4.78, 5) is 71.5. The van der Waals surface area contributed by atoms with E-state index in [2.05, 4.69) is 4.90 Å². The van der Waals surface area contributed by atoms with E-state index in [1.807, 2.05) is 18.2 Å². The van der Waals surface area contributed by atoms with Gasteiger partial charge in [0.15, 0.2) is 34.7 Å². The lowest BCUT2D eigenvalue weighted by Gasteiger charge is -2.56. The number of aliphatic hydroxyl groups excluding tert-OH is 1. The summed E-state index contributed by atoms with van der Waals surface area (Å²) in [6, 6.07) is 7.27. The molecule has 46 heavy (non-hydrogen) atoms. The molecule has 2 aromatic rings. The van der Waals surface area contributed by atoms with Gasteiger partial charge in [-0.3, -0.25) is 33.8 Å². The molecule has 12 nitrogen and oxygen atoms in total. The standard InChI is InChI=1S/C34H39N3O9/c1-15-21-18(16-7-10-20(46-4)17(13-16)14-37-11-5-6-12-37)8-9-19(38)23(21)28(39)24-22(15)29(40)26-27(36(2)3)30(41)25(33(35)44)32(43)34(26,45)31(24)42/h7-10,13,15,22,24-27,29,38,40,45H,5-6,11-12,14H2,1-4H3,(H2,35,44). The van der Waals surface area contributed by atoms with Crippen LogP contribution in [0.2, 0.25) is 0 Å². The highest BCUT2D eigenvalue weighted by Crippen LogP contribution is 2.56. The molecular formula is C34H39N3O9. The molecule has 0 radical (unpaired) electrons. The first-order valence-corrected chi connectivity index (χ1v) is 15.5. The number of phenolic OH excluding ortho intramolecular Hbond substituents is 1. The minimum atomic E-state index is -3.04. The Hall–Kier alpha value is -3.97. The molecule has 2 saturated carbocycles. The van der Waals surface area contributed by atoms with E-state index in [-0.39, 0.29) is 11.3 Å². The second kappa shape index (κ2) is 11.4. The van der Waals surface area contributed by atoms with Crippen molar-refractivity contribution in [3.8, 4) is 22.6 Å². The molecular weight excluding hydrogens is 594 g/mol. The normalized spacial score (nSPS) is 32.7. The van der Waals surface area contributed by atoms with E-state index in [1.54, 1.807) is 20.1 Å². The third kappa shape index (κ3) is 4.45. The summed E-state index contributed by atoms with van der Waals surface area (Å²) in [5.41, 5.74) is 4.89. The van der Waals surface area contributed by atoms with Crippen molar-refractivity contribution >= 4 is 29.0 Å². The van der Waals surface area contributed by atoms with Gasteiger partial charge in [-0.25, -0.2) is 0 Å². The summed E-state index contributed by atoms with van der Waals surface area (Å²) >= 11 is 0. The van der Waals surface area contributed by atoms with Crippen LogP contribution in [0.1, 0.15) is 47.2 Å². The first-order valence-electron chi connectivity index (χ1n) is 15.5. The van der Waals surface area contributed by atoms with Crippen LogP contribution in [0.4, 0.5) is 0 Å². The van der Waals surface area contributed by atoms with Crippen molar-refractivity contribution in [2.45, 2.75) is 50.0 Å².